The molecule has 84 valence electrons. The van der Waals surface area contributed by atoms with Crippen LogP contribution in [0.2, 0.25) is 0 Å². The van der Waals surface area contributed by atoms with Crippen LogP contribution in [0.3, 0.4) is 0 Å². The highest BCUT2D eigenvalue weighted by atomic mass is 16.1. The zero-order chi connectivity index (χ0) is 11.2. The Morgan fingerprint density at radius 1 is 1.25 bits per heavy atom. The van der Waals surface area contributed by atoms with E-state index in [9.17, 15) is 4.79 Å². The first-order chi connectivity index (χ1) is 7.84. The molecule has 2 nitrogen and oxygen atoms in total. The van der Waals surface area contributed by atoms with Gasteiger partial charge in [-0.05, 0) is 24.8 Å². The van der Waals surface area contributed by atoms with Crippen molar-refractivity contribution >= 4 is 5.91 Å². The van der Waals surface area contributed by atoms with Crippen molar-refractivity contribution < 1.29 is 4.79 Å². The Morgan fingerprint density at radius 2 is 2.06 bits per heavy atom. The number of carbonyl (C=O) groups is 1. The van der Waals surface area contributed by atoms with Gasteiger partial charge in [0.15, 0.2) is 0 Å². The molecule has 0 unspecified atom stereocenters. The van der Waals surface area contributed by atoms with Gasteiger partial charge in [0.1, 0.15) is 0 Å². The van der Waals surface area contributed by atoms with E-state index in [0.717, 1.165) is 19.3 Å². The van der Waals surface area contributed by atoms with Crippen LogP contribution in [-0.2, 0) is 11.2 Å². The van der Waals surface area contributed by atoms with E-state index in [2.05, 4.69) is 41.7 Å². The van der Waals surface area contributed by atoms with Gasteiger partial charge < -0.3 is 5.32 Å². The largest absolute Gasteiger partial charge is 0.350 e. The fourth-order valence-corrected chi connectivity index (χ4v) is 1.94. The first kappa shape index (κ1) is 10.9. The molecule has 1 aliphatic rings. The second-order valence-electron chi connectivity index (χ2n) is 4.17. The zero-order valence-electron chi connectivity index (χ0n) is 9.36. The van der Waals surface area contributed by atoms with Crippen molar-refractivity contribution in [3.05, 3.63) is 48.0 Å². The summed E-state index contributed by atoms with van der Waals surface area (Å²) in [4.78, 5) is 11.4. The minimum absolute atomic E-state index is 0.170. The maximum Gasteiger partial charge on any atom is 0.220 e. The molecule has 1 aliphatic heterocycles. The third-order valence-corrected chi connectivity index (χ3v) is 2.84. The summed E-state index contributed by atoms with van der Waals surface area (Å²) in [7, 11) is 0. The Labute approximate surface area is 96.4 Å². The topological polar surface area (TPSA) is 29.1 Å². The lowest BCUT2D eigenvalue weighted by Gasteiger charge is -2.12. The molecule has 2 heteroatoms. The van der Waals surface area contributed by atoms with Gasteiger partial charge in [0.25, 0.3) is 0 Å². The fourth-order valence-electron chi connectivity index (χ4n) is 1.94. The molecule has 0 radical (unpaired) electrons. The number of allylic oxidation sites excluding steroid dienone is 1. The van der Waals surface area contributed by atoms with Gasteiger partial charge in [0, 0.05) is 12.5 Å². The van der Waals surface area contributed by atoms with Gasteiger partial charge in [-0.15, -0.1) is 0 Å². The number of nitrogens with one attached hydrogen (secondary N) is 1. The Hall–Kier alpha value is -1.57. The molecule has 1 aromatic rings. The summed E-state index contributed by atoms with van der Waals surface area (Å²) in [5, 5.41) is 3.02. The molecular formula is C14H17NO. The van der Waals surface area contributed by atoms with Crippen molar-refractivity contribution in [2.75, 3.05) is 0 Å². The summed E-state index contributed by atoms with van der Waals surface area (Å²) >= 11 is 0. The highest BCUT2D eigenvalue weighted by molar-refractivity contribution is 5.77. The van der Waals surface area contributed by atoms with Crippen LogP contribution in [0.25, 0.3) is 0 Å². The number of aryl methyl sites for hydroxylation is 1. The van der Waals surface area contributed by atoms with Crippen molar-refractivity contribution in [3.8, 4) is 0 Å². The average Bonchev–Trinajstić information content (AvgIpc) is 2.52. The van der Waals surface area contributed by atoms with E-state index in [1.807, 2.05) is 6.07 Å². The van der Waals surface area contributed by atoms with Gasteiger partial charge in [-0.25, -0.2) is 0 Å². The summed E-state index contributed by atoms with van der Waals surface area (Å²) in [6.45, 7) is 0. The predicted molar refractivity (Wildman–Crippen MR) is 65.1 cm³/mol. The van der Waals surface area contributed by atoms with E-state index in [0.29, 0.717) is 6.42 Å². The van der Waals surface area contributed by atoms with Gasteiger partial charge in [0.2, 0.25) is 5.91 Å². The first-order valence-corrected chi connectivity index (χ1v) is 5.84. The quantitative estimate of drug-likeness (QED) is 0.771. The van der Waals surface area contributed by atoms with Gasteiger partial charge in [-0.3, -0.25) is 4.79 Å². The second-order valence-corrected chi connectivity index (χ2v) is 4.17. The number of rotatable bonds is 3. The Balaban J connectivity index is 1.87. The summed E-state index contributed by atoms with van der Waals surface area (Å²) in [6.07, 6.45) is 7.70. The molecule has 0 aliphatic carbocycles. The molecule has 1 N–H and O–H groups in total. The number of hydrogen-bond donors (Lipinski definition) is 1. The van der Waals surface area contributed by atoms with Crippen LogP contribution in [0.4, 0.5) is 0 Å². The molecular weight excluding hydrogens is 198 g/mol. The number of carbonyl (C=O) groups excluding carboxylic acids is 1. The van der Waals surface area contributed by atoms with Crippen LogP contribution < -0.4 is 5.32 Å². The van der Waals surface area contributed by atoms with Crippen molar-refractivity contribution in [2.24, 2.45) is 0 Å². The molecule has 0 bridgehead atoms. The second kappa shape index (κ2) is 5.50. The maximum absolute atomic E-state index is 11.4. The molecule has 1 aromatic carbocycles. The summed E-state index contributed by atoms with van der Waals surface area (Å²) < 4.78 is 0. The van der Waals surface area contributed by atoms with Crippen molar-refractivity contribution in [2.45, 2.75) is 31.7 Å². The number of amides is 1. The third kappa shape index (κ3) is 3.23. The Morgan fingerprint density at radius 3 is 2.88 bits per heavy atom. The van der Waals surface area contributed by atoms with E-state index in [1.54, 1.807) is 0 Å². The molecule has 1 heterocycles. The predicted octanol–water partition coefficient (Wildman–Crippen LogP) is 2.45. The minimum Gasteiger partial charge on any atom is -0.350 e. The van der Waals surface area contributed by atoms with Gasteiger partial charge in [-0.1, -0.05) is 42.5 Å². The average molecular weight is 215 g/mol. The lowest BCUT2D eigenvalue weighted by Crippen LogP contribution is -2.32. The normalized spacial score (nSPS) is 20.2. The van der Waals surface area contributed by atoms with Crippen molar-refractivity contribution in [1.82, 2.24) is 5.32 Å². The highest BCUT2D eigenvalue weighted by Gasteiger charge is 2.11. The molecule has 0 aromatic heterocycles. The molecule has 0 saturated heterocycles. The standard InChI is InChI=1S/C14H17NO/c16-14-9-5-4-8-13(15-14)11-10-12-6-2-1-3-7-12/h1-4,6-8,13H,5,9-11H2,(H,15,16)/t13-/m1/s1. The Kier molecular flexibility index (Phi) is 3.76. The van der Waals surface area contributed by atoms with Crippen molar-refractivity contribution in [1.29, 1.82) is 0 Å². The lowest BCUT2D eigenvalue weighted by molar-refractivity contribution is -0.121. The molecule has 16 heavy (non-hydrogen) atoms. The SMILES string of the molecule is O=C1CCC=C[C@H](CCc2ccccc2)N1. The minimum atomic E-state index is 0.170. The van der Waals surface area contributed by atoms with Crippen LogP contribution in [0.15, 0.2) is 42.5 Å². The summed E-state index contributed by atoms with van der Waals surface area (Å²) in [5.74, 6) is 0.170. The van der Waals surface area contributed by atoms with Crippen LogP contribution >= 0.6 is 0 Å². The Bertz CT molecular complexity index is 370. The molecule has 1 atom stereocenters. The number of hydrogen-bond acceptors (Lipinski definition) is 1. The molecule has 2 rings (SSSR count). The van der Waals surface area contributed by atoms with E-state index in [1.165, 1.54) is 5.56 Å². The smallest absolute Gasteiger partial charge is 0.220 e. The highest BCUT2D eigenvalue weighted by Crippen LogP contribution is 2.09. The number of benzene rings is 1. The van der Waals surface area contributed by atoms with Crippen LogP contribution in [0.5, 0.6) is 0 Å². The molecule has 0 fully saturated rings. The first-order valence-electron chi connectivity index (χ1n) is 5.84. The zero-order valence-corrected chi connectivity index (χ0v) is 9.36. The molecule has 1 amide bonds. The summed E-state index contributed by atoms with van der Waals surface area (Å²) in [5.41, 5.74) is 1.33. The maximum atomic E-state index is 11.4. The lowest BCUT2D eigenvalue weighted by atomic mass is 10.1. The van der Waals surface area contributed by atoms with Gasteiger partial charge in [0.05, 0.1) is 0 Å². The van der Waals surface area contributed by atoms with Gasteiger partial charge in [-0.2, -0.15) is 0 Å². The summed E-state index contributed by atoms with van der Waals surface area (Å²) in [6, 6.07) is 10.6. The fraction of sp³-hybridized carbons (Fsp3) is 0.357. The van der Waals surface area contributed by atoms with E-state index in [4.69, 9.17) is 0 Å². The van der Waals surface area contributed by atoms with Crippen LogP contribution in [-0.4, -0.2) is 11.9 Å². The van der Waals surface area contributed by atoms with Crippen LogP contribution in [0.1, 0.15) is 24.8 Å². The third-order valence-electron chi connectivity index (χ3n) is 2.84. The monoisotopic (exact) mass is 215 g/mol. The van der Waals surface area contributed by atoms with E-state index < -0.39 is 0 Å². The molecule has 0 saturated carbocycles. The van der Waals surface area contributed by atoms with E-state index in [-0.39, 0.29) is 11.9 Å². The van der Waals surface area contributed by atoms with E-state index >= 15 is 0 Å². The van der Waals surface area contributed by atoms with Crippen LogP contribution in [0, 0.1) is 0 Å². The van der Waals surface area contributed by atoms with Gasteiger partial charge >= 0.3 is 0 Å². The van der Waals surface area contributed by atoms with Crippen molar-refractivity contribution in [3.63, 3.8) is 0 Å². The molecule has 0 spiro atoms.